The Labute approximate surface area is 91.6 Å². The van der Waals surface area contributed by atoms with Crippen LogP contribution in [0.4, 0.5) is 0 Å². The maximum Gasteiger partial charge on any atom is 0.122 e. The Morgan fingerprint density at radius 2 is 2.13 bits per heavy atom. The number of rotatable bonds is 4. The lowest BCUT2D eigenvalue weighted by Crippen LogP contribution is -2.32. The van der Waals surface area contributed by atoms with E-state index in [0.717, 1.165) is 18.2 Å². The van der Waals surface area contributed by atoms with Gasteiger partial charge in [0.2, 0.25) is 0 Å². The van der Waals surface area contributed by atoms with Crippen molar-refractivity contribution in [2.75, 3.05) is 20.7 Å². The van der Waals surface area contributed by atoms with E-state index in [1.54, 1.807) is 7.11 Å². The van der Waals surface area contributed by atoms with Crippen molar-refractivity contribution in [2.45, 2.75) is 18.8 Å². The zero-order valence-corrected chi connectivity index (χ0v) is 9.49. The number of hydrogen-bond donors (Lipinski definition) is 1. The van der Waals surface area contributed by atoms with Crippen molar-refractivity contribution in [2.24, 2.45) is 5.92 Å². The van der Waals surface area contributed by atoms with Crippen LogP contribution in [0.15, 0.2) is 24.3 Å². The molecule has 1 fully saturated rings. The fraction of sp³-hybridized carbons (Fsp3) is 0.538. The standard InChI is InChI=1S/C13H19NO/c1-14-9-10-7-8-11(10)12-5-3-4-6-13(12)15-2/h3-6,10-11,14H,7-9H2,1-2H3. The third-order valence-electron chi connectivity index (χ3n) is 3.42. The first-order valence-electron chi connectivity index (χ1n) is 5.64. The van der Waals surface area contributed by atoms with E-state index in [2.05, 4.69) is 23.5 Å². The van der Waals surface area contributed by atoms with E-state index in [4.69, 9.17) is 4.74 Å². The maximum atomic E-state index is 5.41. The molecule has 0 saturated heterocycles. The van der Waals surface area contributed by atoms with Gasteiger partial charge in [0.05, 0.1) is 7.11 Å². The molecule has 0 spiro atoms. The van der Waals surface area contributed by atoms with Gasteiger partial charge in [-0.1, -0.05) is 18.2 Å². The van der Waals surface area contributed by atoms with Crippen molar-refractivity contribution in [3.05, 3.63) is 29.8 Å². The molecule has 2 rings (SSSR count). The molecule has 2 atom stereocenters. The first-order valence-corrected chi connectivity index (χ1v) is 5.64. The molecule has 0 heterocycles. The quantitative estimate of drug-likeness (QED) is 0.815. The highest BCUT2D eigenvalue weighted by Crippen LogP contribution is 2.45. The summed E-state index contributed by atoms with van der Waals surface area (Å²) in [6.07, 6.45) is 2.64. The molecule has 1 aromatic carbocycles. The van der Waals surface area contributed by atoms with E-state index in [1.165, 1.54) is 18.4 Å². The van der Waals surface area contributed by atoms with Gasteiger partial charge < -0.3 is 10.1 Å². The molecule has 1 aliphatic rings. The van der Waals surface area contributed by atoms with Crippen LogP contribution in [0, 0.1) is 5.92 Å². The zero-order chi connectivity index (χ0) is 10.7. The van der Waals surface area contributed by atoms with Gasteiger partial charge in [-0.3, -0.25) is 0 Å². The molecule has 0 aromatic heterocycles. The summed E-state index contributed by atoms with van der Waals surface area (Å²) < 4.78 is 5.41. The highest BCUT2D eigenvalue weighted by atomic mass is 16.5. The number of nitrogens with one attached hydrogen (secondary N) is 1. The number of benzene rings is 1. The molecule has 1 saturated carbocycles. The normalized spacial score (nSPS) is 24.7. The Morgan fingerprint density at radius 1 is 1.33 bits per heavy atom. The number of hydrogen-bond acceptors (Lipinski definition) is 2. The minimum Gasteiger partial charge on any atom is -0.496 e. The molecule has 0 radical (unpaired) electrons. The summed E-state index contributed by atoms with van der Waals surface area (Å²) in [6, 6.07) is 8.40. The number of methoxy groups -OCH3 is 1. The lowest BCUT2D eigenvalue weighted by atomic mass is 9.70. The highest BCUT2D eigenvalue weighted by Gasteiger charge is 2.32. The Morgan fingerprint density at radius 3 is 2.73 bits per heavy atom. The summed E-state index contributed by atoms with van der Waals surface area (Å²) in [6.45, 7) is 1.11. The Hall–Kier alpha value is -1.02. The van der Waals surface area contributed by atoms with E-state index >= 15 is 0 Å². The average Bonchev–Trinajstić information content (AvgIpc) is 2.25. The van der Waals surface area contributed by atoms with Crippen LogP contribution in [0.3, 0.4) is 0 Å². The van der Waals surface area contributed by atoms with Crippen LogP contribution in [0.1, 0.15) is 24.3 Å². The van der Waals surface area contributed by atoms with Crippen molar-refractivity contribution in [3.63, 3.8) is 0 Å². The molecule has 15 heavy (non-hydrogen) atoms. The predicted molar refractivity (Wildman–Crippen MR) is 62.4 cm³/mol. The van der Waals surface area contributed by atoms with Crippen LogP contribution in [-0.4, -0.2) is 20.7 Å². The van der Waals surface area contributed by atoms with Crippen LogP contribution >= 0.6 is 0 Å². The van der Waals surface area contributed by atoms with Gasteiger partial charge in [0.25, 0.3) is 0 Å². The first kappa shape index (κ1) is 10.5. The molecule has 1 aromatic rings. The van der Waals surface area contributed by atoms with Gasteiger partial charge in [0.15, 0.2) is 0 Å². The third kappa shape index (κ3) is 2.00. The van der Waals surface area contributed by atoms with Crippen molar-refractivity contribution in [1.82, 2.24) is 5.32 Å². The van der Waals surface area contributed by atoms with E-state index in [-0.39, 0.29) is 0 Å². The van der Waals surface area contributed by atoms with Gasteiger partial charge in [0.1, 0.15) is 5.75 Å². The van der Waals surface area contributed by atoms with E-state index < -0.39 is 0 Å². The van der Waals surface area contributed by atoms with Crippen molar-refractivity contribution in [1.29, 1.82) is 0 Å². The van der Waals surface area contributed by atoms with Crippen LogP contribution in [0.5, 0.6) is 5.75 Å². The number of ether oxygens (including phenoxy) is 1. The summed E-state index contributed by atoms with van der Waals surface area (Å²) in [5, 5.41) is 3.27. The summed E-state index contributed by atoms with van der Waals surface area (Å²) >= 11 is 0. The van der Waals surface area contributed by atoms with Crippen LogP contribution in [-0.2, 0) is 0 Å². The molecule has 1 N–H and O–H groups in total. The van der Waals surface area contributed by atoms with Gasteiger partial charge in [0, 0.05) is 0 Å². The van der Waals surface area contributed by atoms with Crippen molar-refractivity contribution < 1.29 is 4.74 Å². The van der Waals surface area contributed by atoms with Crippen LogP contribution in [0.25, 0.3) is 0 Å². The fourth-order valence-corrected chi connectivity index (χ4v) is 2.46. The minimum atomic E-state index is 0.689. The van der Waals surface area contributed by atoms with Gasteiger partial charge in [-0.2, -0.15) is 0 Å². The molecule has 2 unspecified atom stereocenters. The van der Waals surface area contributed by atoms with Gasteiger partial charge in [-0.05, 0) is 49.9 Å². The lowest BCUT2D eigenvalue weighted by Gasteiger charge is -2.37. The monoisotopic (exact) mass is 205 g/mol. The molecule has 2 heteroatoms. The average molecular weight is 205 g/mol. The van der Waals surface area contributed by atoms with Crippen molar-refractivity contribution >= 4 is 0 Å². The molecule has 0 amide bonds. The summed E-state index contributed by atoms with van der Waals surface area (Å²) in [5.41, 5.74) is 1.38. The summed E-state index contributed by atoms with van der Waals surface area (Å²) in [4.78, 5) is 0. The lowest BCUT2D eigenvalue weighted by molar-refractivity contribution is 0.244. The number of para-hydroxylation sites is 1. The van der Waals surface area contributed by atoms with Gasteiger partial charge >= 0.3 is 0 Å². The second-order valence-electron chi connectivity index (χ2n) is 4.24. The van der Waals surface area contributed by atoms with Gasteiger partial charge in [-0.25, -0.2) is 0 Å². The van der Waals surface area contributed by atoms with Crippen molar-refractivity contribution in [3.8, 4) is 5.75 Å². The van der Waals surface area contributed by atoms with Crippen LogP contribution in [0.2, 0.25) is 0 Å². The molecular formula is C13H19NO. The van der Waals surface area contributed by atoms with E-state index in [0.29, 0.717) is 5.92 Å². The Bertz CT molecular complexity index is 324. The Balaban J connectivity index is 2.15. The minimum absolute atomic E-state index is 0.689. The summed E-state index contributed by atoms with van der Waals surface area (Å²) in [5.74, 6) is 2.52. The molecule has 0 bridgehead atoms. The second-order valence-corrected chi connectivity index (χ2v) is 4.24. The van der Waals surface area contributed by atoms with Gasteiger partial charge in [-0.15, -0.1) is 0 Å². The van der Waals surface area contributed by atoms with Crippen LogP contribution < -0.4 is 10.1 Å². The molecular weight excluding hydrogens is 186 g/mol. The smallest absolute Gasteiger partial charge is 0.122 e. The highest BCUT2D eigenvalue weighted by molar-refractivity contribution is 5.37. The maximum absolute atomic E-state index is 5.41. The van der Waals surface area contributed by atoms with E-state index in [1.807, 2.05) is 13.1 Å². The fourth-order valence-electron chi connectivity index (χ4n) is 2.46. The predicted octanol–water partition coefficient (Wildman–Crippen LogP) is 2.41. The molecule has 1 aliphatic carbocycles. The summed E-state index contributed by atoms with van der Waals surface area (Å²) in [7, 11) is 3.78. The third-order valence-corrected chi connectivity index (χ3v) is 3.42. The second kappa shape index (κ2) is 4.67. The molecule has 0 aliphatic heterocycles. The van der Waals surface area contributed by atoms with E-state index in [9.17, 15) is 0 Å². The topological polar surface area (TPSA) is 21.3 Å². The zero-order valence-electron chi connectivity index (χ0n) is 9.49. The molecule has 2 nitrogen and oxygen atoms in total. The Kier molecular flexibility index (Phi) is 3.27. The SMILES string of the molecule is CNCC1CCC1c1ccccc1OC. The largest absolute Gasteiger partial charge is 0.496 e. The first-order chi connectivity index (χ1) is 7.36. The molecule has 82 valence electrons.